The third-order valence-electron chi connectivity index (χ3n) is 3.18. The lowest BCUT2D eigenvalue weighted by atomic mass is 9.85. The Hall–Kier alpha value is -1.57. The SMILES string of the molecule is CC(=O)n1c(C)c(C(C)(C)C)c2ccccc21. The molecule has 0 amide bonds. The molecular formula is C15H19NO. The summed E-state index contributed by atoms with van der Waals surface area (Å²) in [5.74, 6) is 0.0780. The zero-order valence-corrected chi connectivity index (χ0v) is 11.2. The van der Waals surface area contributed by atoms with E-state index < -0.39 is 0 Å². The molecule has 17 heavy (non-hydrogen) atoms. The molecule has 0 aliphatic rings. The van der Waals surface area contributed by atoms with E-state index >= 15 is 0 Å². The lowest BCUT2D eigenvalue weighted by Crippen LogP contribution is -2.14. The van der Waals surface area contributed by atoms with E-state index in [1.807, 2.05) is 29.7 Å². The number of para-hydroxylation sites is 1. The van der Waals surface area contributed by atoms with Gasteiger partial charge in [-0.05, 0) is 24.0 Å². The van der Waals surface area contributed by atoms with Crippen LogP contribution >= 0.6 is 0 Å². The summed E-state index contributed by atoms with van der Waals surface area (Å²) in [4.78, 5) is 11.8. The maximum atomic E-state index is 11.8. The van der Waals surface area contributed by atoms with Gasteiger partial charge >= 0.3 is 0 Å². The van der Waals surface area contributed by atoms with Gasteiger partial charge in [-0.25, -0.2) is 0 Å². The third kappa shape index (κ3) is 1.78. The van der Waals surface area contributed by atoms with Crippen LogP contribution in [0.1, 0.15) is 43.7 Å². The maximum Gasteiger partial charge on any atom is 0.228 e. The number of rotatable bonds is 0. The zero-order valence-electron chi connectivity index (χ0n) is 11.2. The molecule has 0 bridgehead atoms. The molecule has 2 aromatic rings. The average Bonchev–Trinajstić information content (AvgIpc) is 2.48. The van der Waals surface area contributed by atoms with E-state index in [0.717, 1.165) is 11.2 Å². The van der Waals surface area contributed by atoms with Crippen molar-refractivity contribution in [2.75, 3.05) is 0 Å². The highest BCUT2D eigenvalue weighted by molar-refractivity contribution is 5.95. The van der Waals surface area contributed by atoms with E-state index in [1.54, 1.807) is 6.92 Å². The van der Waals surface area contributed by atoms with E-state index in [0.29, 0.717) is 0 Å². The molecule has 0 aliphatic heterocycles. The molecule has 2 heteroatoms. The van der Waals surface area contributed by atoms with Crippen LogP contribution in [0.5, 0.6) is 0 Å². The molecule has 90 valence electrons. The van der Waals surface area contributed by atoms with Gasteiger partial charge in [0.15, 0.2) is 0 Å². The number of carbonyl (C=O) groups is 1. The molecule has 1 aromatic carbocycles. The van der Waals surface area contributed by atoms with Gasteiger partial charge in [-0.2, -0.15) is 0 Å². The minimum atomic E-state index is 0.0460. The van der Waals surface area contributed by atoms with Gasteiger partial charge in [0.25, 0.3) is 0 Å². The van der Waals surface area contributed by atoms with Gasteiger partial charge in [0, 0.05) is 18.0 Å². The van der Waals surface area contributed by atoms with Crippen LogP contribution in [0.25, 0.3) is 10.9 Å². The molecule has 0 spiro atoms. The normalized spacial score (nSPS) is 12.1. The summed E-state index contributed by atoms with van der Waals surface area (Å²) in [6.07, 6.45) is 0. The van der Waals surface area contributed by atoms with Crippen molar-refractivity contribution in [1.29, 1.82) is 0 Å². The van der Waals surface area contributed by atoms with Crippen LogP contribution < -0.4 is 0 Å². The Morgan fingerprint density at radius 3 is 2.29 bits per heavy atom. The Morgan fingerprint density at radius 2 is 1.76 bits per heavy atom. The predicted molar refractivity (Wildman–Crippen MR) is 71.7 cm³/mol. The number of carbonyl (C=O) groups excluding carboxylic acids is 1. The van der Waals surface area contributed by atoms with Crippen molar-refractivity contribution in [2.24, 2.45) is 0 Å². The first-order chi connectivity index (χ1) is 7.84. The van der Waals surface area contributed by atoms with Crippen molar-refractivity contribution in [3.05, 3.63) is 35.5 Å². The summed E-state index contributed by atoms with van der Waals surface area (Å²) >= 11 is 0. The number of nitrogens with zero attached hydrogens (tertiary/aromatic N) is 1. The predicted octanol–water partition coefficient (Wildman–Crippen LogP) is 3.91. The monoisotopic (exact) mass is 229 g/mol. The molecule has 0 fully saturated rings. The molecule has 0 saturated carbocycles. The fourth-order valence-electron chi connectivity index (χ4n) is 2.72. The highest BCUT2D eigenvalue weighted by atomic mass is 16.1. The molecule has 1 heterocycles. The molecule has 0 N–H and O–H groups in total. The van der Waals surface area contributed by atoms with Crippen LogP contribution in [0.3, 0.4) is 0 Å². The summed E-state index contributed by atoms with van der Waals surface area (Å²) in [5.41, 5.74) is 3.39. The van der Waals surface area contributed by atoms with Gasteiger partial charge in [0.05, 0.1) is 5.52 Å². The summed E-state index contributed by atoms with van der Waals surface area (Å²) in [7, 11) is 0. The third-order valence-corrected chi connectivity index (χ3v) is 3.18. The molecular weight excluding hydrogens is 210 g/mol. The molecule has 0 aliphatic carbocycles. The highest BCUT2D eigenvalue weighted by Gasteiger charge is 2.24. The van der Waals surface area contributed by atoms with Crippen molar-refractivity contribution in [1.82, 2.24) is 4.57 Å². The van der Waals surface area contributed by atoms with Crippen LogP contribution in [-0.2, 0) is 5.41 Å². The number of benzene rings is 1. The minimum absolute atomic E-state index is 0.0460. The van der Waals surface area contributed by atoms with E-state index in [-0.39, 0.29) is 11.3 Å². The largest absolute Gasteiger partial charge is 0.284 e. The smallest absolute Gasteiger partial charge is 0.228 e. The summed E-state index contributed by atoms with van der Waals surface area (Å²) in [5, 5.41) is 1.19. The van der Waals surface area contributed by atoms with Crippen molar-refractivity contribution in [2.45, 2.75) is 40.0 Å². The van der Waals surface area contributed by atoms with Crippen molar-refractivity contribution in [3.63, 3.8) is 0 Å². The average molecular weight is 229 g/mol. The molecule has 0 atom stereocenters. The molecule has 0 unspecified atom stereocenters. The van der Waals surface area contributed by atoms with Crippen LogP contribution in [0.4, 0.5) is 0 Å². The van der Waals surface area contributed by atoms with E-state index in [1.165, 1.54) is 10.9 Å². The van der Waals surface area contributed by atoms with Crippen molar-refractivity contribution < 1.29 is 4.79 Å². The van der Waals surface area contributed by atoms with Crippen LogP contribution in [0.2, 0.25) is 0 Å². The van der Waals surface area contributed by atoms with Crippen LogP contribution in [0, 0.1) is 6.92 Å². The standard InChI is InChI=1S/C15H19NO/c1-10-14(15(3,4)5)12-8-6-7-9-13(12)16(10)11(2)17/h6-9H,1-5H3. The second kappa shape index (κ2) is 3.73. The Labute approximate surface area is 102 Å². The van der Waals surface area contributed by atoms with E-state index in [9.17, 15) is 4.79 Å². The first-order valence-corrected chi connectivity index (χ1v) is 5.95. The van der Waals surface area contributed by atoms with Gasteiger partial charge in [-0.15, -0.1) is 0 Å². The Kier molecular flexibility index (Phi) is 2.61. The molecule has 2 rings (SSSR count). The van der Waals surface area contributed by atoms with Gasteiger partial charge in [-0.3, -0.25) is 9.36 Å². The number of hydrogen-bond donors (Lipinski definition) is 0. The van der Waals surface area contributed by atoms with Crippen molar-refractivity contribution in [3.8, 4) is 0 Å². The van der Waals surface area contributed by atoms with Gasteiger partial charge in [-0.1, -0.05) is 39.0 Å². The van der Waals surface area contributed by atoms with Crippen LogP contribution in [-0.4, -0.2) is 10.5 Å². The minimum Gasteiger partial charge on any atom is -0.284 e. The first kappa shape index (κ1) is 11.9. The van der Waals surface area contributed by atoms with Gasteiger partial charge in [0.2, 0.25) is 5.91 Å². The first-order valence-electron chi connectivity index (χ1n) is 5.95. The summed E-state index contributed by atoms with van der Waals surface area (Å²) < 4.78 is 1.82. The highest BCUT2D eigenvalue weighted by Crippen LogP contribution is 2.34. The van der Waals surface area contributed by atoms with E-state index in [2.05, 4.69) is 26.8 Å². The quantitative estimate of drug-likeness (QED) is 0.671. The lowest BCUT2D eigenvalue weighted by molar-refractivity contribution is 0.0939. The Morgan fingerprint density at radius 1 is 1.18 bits per heavy atom. The summed E-state index contributed by atoms with van der Waals surface area (Å²) in [6, 6.07) is 8.12. The number of aromatic nitrogens is 1. The molecule has 1 aromatic heterocycles. The van der Waals surface area contributed by atoms with Gasteiger partial charge in [0.1, 0.15) is 0 Å². The summed E-state index contributed by atoms with van der Waals surface area (Å²) in [6.45, 7) is 10.2. The molecule has 0 saturated heterocycles. The second-order valence-electron chi connectivity index (χ2n) is 5.58. The fourth-order valence-corrected chi connectivity index (χ4v) is 2.72. The molecule has 2 nitrogen and oxygen atoms in total. The maximum absolute atomic E-state index is 11.8. The fraction of sp³-hybridized carbons (Fsp3) is 0.400. The zero-order chi connectivity index (χ0) is 12.8. The molecule has 0 radical (unpaired) electrons. The van der Waals surface area contributed by atoms with E-state index in [4.69, 9.17) is 0 Å². The number of hydrogen-bond acceptors (Lipinski definition) is 1. The Balaban J connectivity index is 2.95. The van der Waals surface area contributed by atoms with Crippen LogP contribution in [0.15, 0.2) is 24.3 Å². The van der Waals surface area contributed by atoms with Gasteiger partial charge < -0.3 is 0 Å². The second-order valence-corrected chi connectivity index (χ2v) is 5.58. The van der Waals surface area contributed by atoms with Crippen molar-refractivity contribution >= 4 is 16.8 Å². The lowest BCUT2D eigenvalue weighted by Gasteiger charge is -2.19. The topological polar surface area (TPSA) is 22.0 Å². The Bertz CT molecular complexity index is 585. The number of fused-ring (bicyclic) bond motifs is 1.